The number of aryl methyl sites for hydroxylation is 2. The molecule has 2 nitrogen and oxygen atoms in total. The van der Waals surface area contributed by atoms with Gasteiger partial charge in [0.15, 0.2) is 0 Å². The Morgan fingerprint density at radius 3 is 2.94 bits per heavy atom. The Morgan fingerprint density at radius 2 is 2.25 bits per heavy atom. The molecule has 0 fully saturated rings. The van der Waals surface area contributed by atoms with Crippen LogP contribution in [0.2, 0.25) is 0 Å². The Bertz CT molecular complexity index is 516. The lowest BCUT2D eigenvalue weighted by Gasteiger charge is -2.03. The van der Waals surface area contributed by atoms with Crippen molar-refractivity contribution in [3.05, 3.63) is 51.5 Å². The SMILES string of the molecule is CCc1ccsc1C(=O)c1cnccc1C. The van der Waals surface area contributed by atoms with Crippen LogP contribution in [0.5, 0.6) is 0 Å². The fraction of sp³-hybridized carbons (Fsp3) is 0.231. The summed E-state index contributed by atoms with van der Waals surface area (Å²) in [5.41, 5.74) is 2.81. The van der Waals surface area contributed by atoms with E-state index in [1.807, 2.05) is 24.4 Å². The van der Waals surface area contributed by atoms with E-state index in [2.05, 4.69) is 11.9 Å². The van der Waals surface area contributed by atoms with Gasteiger partial charge in [0.1, 0.15) is 0 Å². The van der Waals surface area contributed by atoms with E-state index >= 15 is 0 Å². The molecule has 16 heavy (non-hydrogen) atoms. The van der Waals surface area contributed by atoms with Crippen LogP contribution in [0, 0.1) is 6.92 Å². The molecular formula is C13H13NOS. The van der Waals surface area contributed by atoms with Crippen molar-refractivity contribution in [2.24, 2.45) is 0 Å². The van der Waals surface area contributed by atoms with E-state index in [9.17, 15) is 4.79 Å². The molecule has 0 spiro atoms. The molecule has 82 valence electrons. The molecule has 0 N–H and O–H groups in total. The molecule has 0 radical (unpaired) electrons. The van der Waals surface area contributed by atoms with E-state index in [0.29, 0.717) is 5.56 Å². The molecule has 0 atom stereocenters. The van der Waals surface area contributed by atoms with Crippen molar-refractivity contribution in [3.8, 4) is 0 Å². The normalized spacial score (nSPS) is 10.4. The monoisotopic (exact) mass is 231 g/mol. The number of nitrogens with zero attached hydrogens (tertiary/aromatic N) is 1. The molecule has 0 bridgehead atoms. The van der Waals surface area contributed by atoms with Gasteiger partial charge in [0.25, 0.3) is 0 Å². The Labute approximate surface area is 99.0 Å². The van der Waals surface area contributed by atoms with Crippen molar-refractivity contribution in [1.29, 1.82) is 0 Å². The molecule has 0 amide bonds. The first-order valence-electron chi connectivity index (χ1n) is 5.25. The fourth-order valence-electron chi connectivity index (χ4n) is 1.64. The summed E-state index contributed by atoms with van der Waals surface area (Å²) in [7, 11) is 0. The molecule has 0 aromatic carbocycles. The van der Waals surface area contributed by atoms with Gasteiger partial charge in [-0.2, -0.15) is 0 Å². The van der Waals surface area contributed by atoms with Crippen LogP contribution in [0.15, 0.2) is 29.9 Å². The quantitative estimate of drug-likeness (QED) is 0.759. The van der Waals surface area contributed by atoms with Crippen LogP contribution in [0.4, 0.5) is 0 Å². The maximum absolute atomic E-state index is 12.3. The second-order valence-electron chi connectivity index (χ2n) is 3.65. The lowest BCUT2D eigenvalue weighted by atomic mass is 10.0. The molecule has 2 heterocycles. The molecule has 0 aliphatic heterocycles. The molecule has 2 rings (SSSR count). The number of hydrogen-bond donors (Lipinski definition) is 0. The van der Waals surface area contributed by atoms with Crippen LogP contribution in [-0.4, -0.2) is 10.8 Å². The predicted molar refractivity (Wildman–Crippen MR) is 66.1 cm³/mol. The summed E-state index contributed by atoms with van der Waals surface area (Å²) in [6.45, 7) is 4.00. The molecule has 0 saturated heterocycles. The molecule has 0 saturated carbocycles. The summed E-state index contributed by atoms with van der Waals surface area (Å²) in [6, 6.07) is 3.88. The smallest absolute Gasteiger partial charge is 0.205 e. The van der Waals surface area contributed by atoms with Gasteiger partial charge in [-0.1, -0.05) is 6.92 Å². The highest BCUT2D eigenvalue weighted by molar-refractivity contribution is 7.12. The Kier molecular flexibility index (Phi) is 3.15. The minimum Gasteiger partial charge on any atom is -0.288 e. The Morgan fingerprint density at radius 1 is 1.44 bits per heavy atom. The summed E-state index contributed by atoms with van der Waals surface area (Å²) < 4.78 is 0. The highest BCUT2D eigenvalue weighted by Gasteiger charge is 2.16. The van der Waals surface area contributed by atoms with Crippen LogP contribution in [0.25, 0.3) is 0 Å². The molecule has 2 aromatic heterocycles. The summed E-state index contributed by atoms with van der Waals surface area (Å²) in [5.74, 6) is 0.0949. The third-order valence-corrected chi connectivity index (χ3v) is 3.57. The average Bonchev–Trinajstić information content (AvgIpc) is 2.77. The first-order valence-corrected chi connectivity index (χ1v) is 6.13. The Balaban J connectivity index is 2.44. The zero-order chi connectivity index (χ0) is 11.5. The number of thiophene rings is 1. The zero-order valence-corrected chi connectivity index (χ0v) is 10.2. The minimum absolute atomic E-state index is 0.0949. The van der Waals surface area contributed by atoms with Crippen molar-refractivity contribution < 1.29 is 4.79 Å². The first-order chi connectivity index (χ1) is 7.74. The van der Waals surface area contributed by atoms with E-state index in [0.717, 1.165) is 22.4 Å². The van der Waals surface area contributed by atoms with Gasteiger partial charge in [0, 0.05) is 18.0 Å². The molecule has 0 unspecified atom stereocenters. The van der Waals surface area contributed by atoms with E-state index in [1.54, 1.807) is 12.4 Å². The highest BCUT2D eigenvalue weighted by Crippen LogP contribution is 2.22. The second-order valence-corrected chi connectivity index (χ2v) is 4.56. The molecule has 0 aliphatic carbocycles. The van der Waals surface area contributed by atoms with Crippen molar-refractivity contribution in [1.82, 2.24) is 4.98 Å². The molecule has 2 aromatic rings. The van der Waals surface area contributed by atoms with Gasteiger partial charge < -0.3 is 0 Å². The first kappa shape index (κ1) is 11.0. The number of aromatic nitrogens is 1. The number of carbonyl (C=O) groups excluding carboxylic acids is 1. The van der Waals surface area contributed by atoms with Gasteiger partial charge in [0.05, 0.1) is 4.88 Å². The Hall–Kier alpha value is -1.48. The fourth-order valence-corrected chi connectivity index (χ4v) is 2.59. The van der Waals surface area contributed by atoms with Crippen molar-refractivity contribution in [2.45, 2.75) is 20.3 Å². The molecule has 0 aliphatic rings. The van der Waals surface area contributed by atoms with E-state index < -0.39 is 0 Å². The van der Waals surface area contributed by atoms with Gasteiger partial charge in [-0.25, -0.2) is 0 Å². The summed E-state index contributed by atoms with van der Waals surface area (Å²) in [6.07, 6.45) is 4.25. The summed E-state index contributed by atoms with van der Waals surface area (Å²) in [4.78, 5) is 17.1. The number of pyridine rings is 1. The maximum atomic E-state index is 12.3. The lowest BCUT2D eigenvalue weighted by Crippen LogP contribution is -2.04. The number of ketones is 1. The maximum Gasteiger partial charge on any atom is 0.205 e. The second kappa shape index (κ2) is 4.58. The van der Waals surface area contributed by atoms with Crippen molar-refractivity contribution >= 4 is 17.1 Å². The van der Waals surface area contributed by atoms with E-state index in [4.69, 9.17) is 0 Å². The zero-order valence-electron chi connectivity index (χ0n) is 9.36. The summed E-state index contributed by atoms with van der Waals surface area (Å²) in [5, 5.41) is 1.97. The minimum atomic E-state index is 0.0949. The van der Waals surface area contributed by atoms with Gasteiger partial charge in [0.2, 0.25) is 5.78 Å². The van der Waals surface area contributed by atoms with Gasteiger partial charge >= 0.3 is 0 Å². The van der Waals surface area contributed by atoms with Crippen LogP contribution in [0.3, 0.4) is 0 Å². The number of carbonyl (C=O) groups is 1. The van der Waals surface area contributed by atoms with Gasteiger partial charge in [-0.3, -0.25) is 9.78 Å². The number of rotatable bonds is 3. The topological polar surface area (TPSA) is 30.0 Å². The number of hydrogen-bond acceptors (Lipinski definition) is 3. The van der Waals surface area contributed by atoms with E-state index in [1.165, 1.54) is 11.3 Å². The predicted octanol–water partition coefficient (Wildman–Crippen LogP) is 3.24. The lowest BCUT2D eigenvalue weighted by molar-refractivity contribution is 0.104. The molecular weight excluding hydrogens is 218 g/mol. The molecule has 3 heteroatoms. The van der Waals surface area contributed by atoms with Crippen LogP contribution >= 0.6 is 11.3 Å². The van der Waals surface area contributed by atoms with Crippen molar-refractivity contribution in [2.75, 3.05) is 0 Å². The standard InChI is InChI=1S/C13H13NOS/c1-3-10-5-7-16-13(10)12(15)11-8-14-6-4-9(11)2/h4-8H,3H2,1-2H3. The van der Waals surface area contributed by atoms with Crippen LogP contribution in [0.1, 0.15) is 33.3 Å². The third kappa shape index (κ3) is 1.91. The average molecular weight is 231 g/mol. The van der Waals surface area contributed by atoms with E-state index in [-0.39, 0.29) is 5.78 Å². The summed E-state index contributed by atoms with van der Waals surface area (Å²) >= 11 is 1.51. The van der Waals surface area contributed by atoms with Crippen LogP contribution < -0.4 is 0 Å². The van der Waals surface area contributed by atoms with Crippen LogP contribution in [-0.2, 0) is 6.42 Å². The highest BCUT2D eigenvalue weighted by atomic mass is 32.1. The largest absolute Gasteiger partial charge is 0.288 e. The van der Waals surface area contributed by atoms with Gasteiger partial charge in [-0.15, -0.1) is 11.3 Å². The van der Waals surface area contributed by atoms with Gasteiger partial charge in [-0.05, 0) is 42.0 Å². The third-order valence-electron chi connectivity index (χ3n) is 2.62. The van der Waals surface area contributed by atoms with Crippen molar-refractivity contribution in [3.63, 3.8) is 0 Å².